The van der Waals surface area contributed by atoms with Crippen LogP contribution in [0.25, 0.3) is 0 Å². The highest BCUT2D eigenvalue weighted by Crippen LogP contribution is 2.32. The van der Waals surface area contributed by atoms with Crippen molar-refractivity contribution in [3.8, 4) is 0 Å². The number of halogens is 2. The van der Waals surface area contributed by atoms with E-state index in [-0.39, 0.29) is 6.10 Å². The summed E-state index contributed by atoms with van der Waals surface area (Å²) in [5, 5.41) is 0. The molecule has 2 N–H and O–H groups in total. The molecule has 2 aliphatic rings. The summed E-state index contributed by atoms with van der Waals surface area (Å²) in [6, 6.07) is 0. The molecule has 2 rings (SSSR count). The van der Waals surface area contributed by atoms with Crippen molar-refractivity contribution in [2.24, 2.45) is 5.73 Å². The van der Waals surface area contributed by atoms with Crippen LogP contribution in [-0.2, 0) is 14.2 Å². The molecule has 0 aromatic heterocycles. The SMILES string of the molecule is CC1(OC(F)F)C=CC(CCN)=CC1OC1CCOC1. The lowest BCUT2D eigenvalue weighted by atomic mass is 9.89. The first-order chi connectivity index (χ1) is 9.53. The minimum absolute atomic E-state index is 0.0810. The minimum Gasteiger partial charge on any atom is -0.379 e. The molecule has 4 nitrogen and oxygen atoms in total. The maximum Gasteiger partial charge on any atom is 0.346 e. The van der Waals surface area contributed by atoms with E-state index in [1.165, 1.54) is 0 Å². The average Bonchev–Trinajstić information content (AvgIpc) is 2.86. The van der Waals surface area contributed by atoms with E-state index >= 15 is 0 Å². The van der Waals surface area contributed by atoms with E-state index in [0.717, 1.165) is 12.0 Å². The van der Waals surface area contributed by atoms with Gasteiger partial charge in [-0.15, -0.1) is 0 Å². The maximum absolute atomic E-state index is 12.6. The number of nitrogens with two attached hydrogens (primary N) is 1. The second-order valence-corrected chi connectivity index (χ2v) is 5.22. The zero-order chi connectivity index (χ0) is 14.6. The molecule has 0 aromatic rings. The monoisotopic (exact) mass is 289 g/mol. The molecule has 1 saturated heterocycles. The molecule has 0 aromatic carbocycles. The Bertz CT molecular complexity index is 381. The van der Waals surface area contributed by atoms with Gasteiger partial charge in [-0.2, -0.15) is 8.78 Å². The van der Waals surface area contributed by atoms with Gasteiger partial charge in [0.15, 0.2) is 0 Å². The highest BCUT2D eigenvalue weighted by molar-refractivity contribution is 5.31. The van der Waals surface area contributed by atoms with Gasteiger partial charge in [0.2, 0.25) is 0 Å². The lowest BCUT2D eigenvalue weighted by Gasteiger charge is -2.37. The van der Waals surface area contributed by atoms with Crippen LogP contribution >= 0.6 is 0 Å². The van der Waals surface area contributed by atoms with Crippen LogP contribution in [0.3, 0.4) is 0 Å². The van der Waals surface area contributed by atoms with Crippen LogP contribution in [0.2, 0.25) is 0 Å². The molecule has 1 aliphatic heterocycles. The molecular weight excluding hydrogens is 268 g/mol. The molecule has 3 unspecified atom stereocenters. The quantitative estimate of drug-likeness (QED) is 0.812. The van der Waals surface area contributed by atoms with E-state index in [9.17, 15) is 8.78 Å². The Morgan fingerprint density at radius 1 is 1.55 bits per heavy atom. The predicted molar refractivity (Wildman–Crippen MR) is 70.5 cm³/mol. The summed E-state index contributed by atoms with van der Waals surface area (Å²) in [5.41, 5.74) is 5.34. The Morgan fingerprint density at radius 2 is 2.35 bits per heavy atom. The Labute approximate surface area is 117 Å². The molecule has 0 radical (unpaired) electrons. The van der Waals surface area contributed by atoms with Gasteiger partial charge >= 0.3 is 6.61 Å². The third-order valence-corrected chi connectivity index (χ3v) is 3.56. The highest BCUT2D eigenvalue weighted by Gasteiger charge is 2.39. The Kier molecular flexibility index (Phi) is 5.26. The second kappa shape index (κ2) is 6.76. The standard InChI is InChI=1S/C14H21F2NO3/c1-14(20-13(15)16)5-2-10(3-6-17)8-12(14)19-11-4-7-18-9-11/h2,5,8,11-13H,3-4,6-7,9,17H2,1H3. The zero-order valence-electron chi connectivity index (χ0n) is 11.6. The molecule has 1 heterocycles. The number of hydrogen-bond donors (Lipinski definition) is 1. The van der Waals surface area contributed by atoms with Gasteiger partial charge in [-0.25, -0.2) is 0 Å². The molecule has 20 heavy (non-hydrogen) atoms. The molecule has 0 spiro atoms. The lowest BCUT2D eigenvalue weighted by Crippen LogP contribution is -2.45. The van der Waals surface area contributed by atoms with Crippen molar-refractivity contribution in [3.63, 3.8) is 0 Å². The van der Waals surface area contributed by atoms with Crippen molar-refractivity contribution in [1.82, 2.24) is 0 Å². The molecular formula is C14H21F2NO3. The molecule has 6 heteroatoms. The molecule has 114 valence electrons. The van der Waals surface area contributed by atoms with E-state index < -0.39 is 18.3 Å². The summed E-state index contributed by atoms with van der Waals surface area (Å²) in [7, 11) is 0. The van der Waals surface area contributed by atoms with Gasteiger partial charge in [-0.05, 0) is 44.0 Å². The van der Waals surface area contributed by atoms with Crippen LogP contribution < -0.4 is 5.73 Å². The lowest BCUT2D eigenvalue weighted by molar-refractivity contribution is -0.220. The predicted octanol–water partition coefficient (Wildman–Crippen LogP) is 2.00. The van der Waals surface area contributed by atoms with E-state index in [1.54, 1.807) is 19.1 Å². The average molecular weight is 289 g/mol. The molecule has 0 amide bonds. The fourth-order valence-corrected chi connectivity index (χ4v) is 2.42. The first-order valence-corrected chi connectivity index (χ1v) is 6.82. The Morgan fingerprint density at radius 3 is 2.95 bits per heavy atom. The van der Waals surface area contributed by atoms with Gasteiger partial charge in [-0.1, -0.05) is 6.08 Å². The summed E-state index contributed by atoms with van der Waals surface area (Å²) in [4.78, 5) is 0. The number of allylic oxidation sites excluding steroid dienone is 1. The zero-order valence-corrected chi connectivity index (χ0v) is 11.6. The number of rotatable bonds is 6. The van der Waals surface area contributed by atoms with E-state index in [1.807, 2.05) is 6.08 Å². The van der Waals surface area contributed by atoms with Crippen molar-refractivity contribution in [1.29, 1.82) is 0 Å². The fourth-order valence-electron chi connectivity index (χ4n) is 2.42. The van der Waals surface area contributed by atoms with Gasteiger partial charge in [0.05, 0.1) is 12.7 Å². The second-order valence-electron chi connectivity index (χ2n) is 5.22. The van der Waals surface area contributed by atoms with Crippen molar-refractivity contribution in [2.75, 3.05) is 19.8 Å². The normalized spacial score (nSPS) is 33.8. The smallest absolute Gasteiger partial charge is 0.346 e. The summed E-state index contributed by atoms with van der Waals surface area (Å²) >= 11 is 0. The number of alkyl halides is 2. The van der Waals surface area contributed by atoms with Crippen molar-refractivity contribution >= 4 is 0 Å². The highest BCUT2D eigenvalue weighted by atomic mass is 19.3. The summed E-state index contributed by atoms with van der Waals surface area (Å²) < 4.78 is 41.1. The van der Waals surface area contributed by atoms with Gasteiger partial charge < -0.3 is 19.9 Å². The van der Waals surface area contributed by atoms with E-state index in [2.05, 4.69) is 0 Å². The van der Waals surface area contributed by atoms with E-state index in [0.29, 0.717) is 26.2 Å². The van der Waals surface area contributed by atoms with Crippen molar-refractivity contribution < 1.29 is 23.0 Å². The molecule has 3 atom stereocenters. The number of hydrogen-bond acceptors (Lipinski definition) is 4. The van der Waals surface area contributed by atoms with Crippen LogP contribution in [0.4, 0.5) is 8.78 Å². The van der Waals surface area contributed by atoms with Crippen LogP contribution in [0, 0.1) is 0 Å². The Balaban J connectivity index is 2.11. The van der Waals surface area contributed by atoms with Crippen molar-refractivity contribution in [3.05, 3.63) is 23.8 Å². The largest absolute Gasteiger partial charge is 0.379 e. The van der Waals surface area contributed by atoms with E-state index in [4.69, 9.17) is 19.9 Å². The summed E-state index contributed by atoms with van der Waals surface area (Å²) in [6.07, 6.45) is 6.04. The van der Waals surface area contributed by atoms with Crippen molar-refractivity contribution in [2.45, 2.75) is 44.2 Å². The molecule has 0 saturated carbocycles. The topological polar surface area (TPSA) is 53.7 Å². The van der Waals surface area contributed by atoms with Gasteiger partial charge in [0, 0.05) is 6.61 Å². The maximum atomic E-state index is 12.6. The van der Waals surface area contributed by atoms with Crippen LogP contribution in [0.5, 0.6) is 0 Å². The molecule has 1 aliphatic carbocycles. The molecule has 0 bridgehead atoms. The summed E-state index contributed by atoms with van der Waals surface area (Å²) in [6.45, 7) is 0.387. The fraction of sp³-hybridized carbons (Fsp3) is 0.714. The van der Waals surface area contributed by atoms with Gasteiger partial charge in [0.1, 0.15) is 11.7 Å². The number of ether oxygens (including phenoxy) is 3. The first-order valence-electron chi connectivity index (χ1n) is 6.82. The molecule has 1 fully saturated rings. The van der Waals surface area contributed by atoms with Crippen LogP contribution in [0.15, 0.2) is 23.8 Å². The van der Waals surface area contributed by atoms with Crippen LogP contribution in [-0.4, -0.2) is 44.2 Å². The van der Waals surface area contributed by atoms with Crippen LogP contribution in [0.1, 0.15) is 19.8 Å². The third-order valence-electron chi connectivity index (χ3n) is 3.56. The van der Waals surface area contributed by atoms with Gasteiger partial charge in [-0.3, -0.25) is 0 Å². The first kappa shape index (κ1) is 15.6. The minimum atomic E-state index is -2.85. The van der Waals surface area contributed by atoms with Gasteiger partial charge in [0.25, 0.3) is 0 Å². The third kappa shape index (κ3) is 3.85. The summed E-state index contributed by atoms with van der Waals surface area (Å²) in [5.74, 6) is 0. The Hall–Kier alpha value is -0.820.